The van der Waals surface area contributed by atoms with E-state index in [0.29, 0.717) is 17.9 Å². The number of likely N-dealkylation sites (N-methyl/N-ethyl adjacent to an activating group) is 1. The molecule has 0 unspecified atom stereocenters. The topological polar surface area (TPSA) is 38.3 Å². The van der Waals surface area contributed by atoms with Crippen LogP contribution in [0.2, 0.25) is 0 Å². The van der Waals surface area contributed by atoms with Crippen LogP contribution in [0.15, 0.2) is 24.3 Å². The summed E-state index contributed by atoms with van der Waals surface area (Å²) in [5.74, 6) is 0.108. The third-order valence-corrected chi connectivity index (χ3v) is 2.26. The number of ketones is 1. The second-order valence-corrected chi connectivity index (χ2v) is 3.83. The van der Waals surface area contributed by atoms with Gasteiger partial charge in [0.2, 0.25) is 0 Å². The molecular weight excluding hydrogens is 281 g/mol. The number of rotatable bonds is 7. The van der Waals surface area contributed by atoms with Crippen LogP contribution in [0.5, 0.6) is 5.75 Å². The van der Waals surface area contributed by atoms with E-state index in [1.54, 1.807) is 12.1 Å². The average molecular weight is 313 g/mol. The molecule has 0 fully saturated rings. The number of hydrogen-bond acceptors (Lipinski definition) is 3. The Balaban J connectivity index is -0.000000739. The zero-order valence-electron chi connectivity index (χ0n) is 14.7. The fraction of sp³-hybridized carbons (Fsp3) is 0.500. The highest BCUT2D eigenvalue weighted by Crippen LogP contribution is 2.18. The third-order valence-electron chi connectivity index (χ3n) is 2.26. The number of carbonyl (C=O) groups excluding carboxylic acids is 1. The molecule has 1 N–H and O–H groups in total. The van der Waals surface area contributed by atoms with Crippen molar-refractivity contribution in [3.8, 4) is 5.75 Å². The predicted molar refractivity (Wildman–Crippen MR) is 95.0 cm³/mol. The number of halogens is 1. The Morgan fingerprint density at radius 2 is 1.95 bits per heavy atom. The minimum absolute atomic E-state index is 0. The largest absolute Gasteiger partial charge is 0.492 e. The van der Waals surface area contributed by atoms with E-state index < -0.39 is 0 Å². The molecular formula is C18H32FNO2. The molecule has 1 aromatic rings. The number of hydrogen-bond donors (Lipinski definition) is 1. The SMILES string of the molecule is CC.CC.CCNCCOc1ccc(F)c(/C=C/C(C)=O)c1.[HH]. The first-order valence-corrected chi connectivity index (χ1v) is 7.95. The molecule has 0 amide bonds. The molecule has 128 valence electrons. The monoisotopic (exact) mass is 313 g/mol. The maximum atomic E-state index is 13.4. The zero-order chi connectivity index (χ0) is 17.4. The van der Waals surface area contributed by atoms with Gasteiger partial charge in [0.1, 0.15) is 18.2 Å². The Morgan fingerprint density at radius 1 is 1.32 bits per heavy atom. The van der Waals surface area contributed by atoms with Crippen LogP contribution in [0.1, 0.15) is 48.5 Å². The van der Waals surface area contributed by atoms with Gasteiger partial charge in [-0.3, -0.25) is 4.79 Å². The Kier molecular flexibility index (Phi) is 16.1. The Morgan fingerprint density at radius 3 is 2.50 bits per heavy atom. The molecule has 0 spiro atoms. The second-order valence-electron chi connectivity index (χ2n) is 3.83. The van der Waals surface area contributed by atoms with Gasteiger partial charge in [-0.2, -0.15) is 0 Å². The van der Waals surface area contributed by atoms with E-state index in [1.807, 2.05) is 34.6 Å². The normalized spacial score (nSPS) is 9.41. The van der Waals surface area contributed by atoms with Crippen LogP contribution >= 0.6 is 0 Å². The molecule has 0 atom stereocenters. The van der Waals surface area contributed by atoms with Crippen LogP contribution in [0, 0.1) is 5.82 Å². The van der Waals surface area contributed by atoms with Gasteiger partial charge in [0.15, 0.2) is 5.78 Å². The molecule has 4 heteroatoms. The molecule has 22 heavy (non-hydrogen) atoms. The minimum Gasteiger partial charge on any atom is -0.492 e. The van der Waals surface area contributed by atoms with Crippen molar-refractivity contribution >= 4 is 11.9 Å². The lowest BCUT2D eigenvalue weighted by atomic mass is 10.1. The van der Waals surface area contributed by atoms with E-state index in [2.05, 4.69) is 5.32 Å². The van der Waals surface area contributed by atoms with Gasteiger partial charge < -0.3 is 10.1 Å². The van der Waals surface area contributed by atoms with Crippen LogP contribution in [0.25, 0.3) is 6.08 Å². The first kappa shape index (κ1) is 22.6. The minimum atomic E-state index is -0.369. The average Bonchev–Trinajstić information content (AvgIpc) is 2.55. The summed E-state index contributed by atoms with van der Waals surface area (Å²) < 4.78 is 18.9. The molecule has 0 aliphatic heterocycles. The zero-order valence-corrected chi connectivity index (χ0v) is 14.7. The maximum absolute atomic E-state index is 13.4. The highest BCUT2D eigenvalue weighted by Gasteiger charge is 2.02. The number of nitrogens with one attached hydrogen (secondary N) is 1. The molecule has 0 bridgehead atoms. The molecule has 0 aliphatic rings. The van der Waals surface area contributed by atoms with Crippen LogP contribution in [0.4, 0.5) is 4.39 Å². The van der Waals surface area contributed by atoms with Crippen molar-refractivity contribution in [1.82, 2.24) is 5.32 Å². The molecule has 3 nitrogen and oxygen atoms in total. The summed E-state index contributed by atoms with van der Waals surface area (Å²) in [6, 6.07) is 4.50. The van der Waals surface area contributed by atoms with E-state index in [9.17, 15) is 9.18 Å². The summed E-state index contributed by atoms with van der Waals surface area (Å²) in [6.07, 6.45) is 2.79. The number of benzene rings is 1. The molecule has 1 rings (SSSR count). The van der Waals surface area contributed by atoms with Gasteiger partial charge in [-0.05, 0) is 43.8 Å². The highest BCUT2D eigenvalue weighted by atomic mass is 19.1. The molecule has 0 radical (unpaired) electrons. The molecule has 0 aromatic heterocycles. The summed E-state index contributed by atoms with van der Waals surface area (Å²) in [7, 11) is 0. The summed E-state index contributed by atoms with van der Waals surface area (Å²) in [5.41, 5.74) is 0.353. The van der Waals surface area contributed by atoms with Crippen molar-refractivity contribution in [2.45, 2.75) is 41.5 Å². The lowest BCUT2D eigenvalue weighted by molar-refractivity contribution is -0.112. The van der Waals surface area contributed by atoms with E-state index in [1.165, 1.54) is 25.1 Å². The van der Waals surface area contributed by atoms with Gasteiger partial charge in [0.25, 0.3) is 0 Å². The standard InChI is InChI=1S/C14H18FNO2.2C2H6.H2/c1-3-16-8-9-18-13-6-7-14(15)12(10-13)5-4-11(2)17;2*1-2;/h4-7,10,16H,3,8-9H2,1-2H3;2*1-2H3;1H/b5-4+;;;. The summed E-state index contributed by atoms with van der Waals surface area (Å²) in [4.78, 5) is 10.8. The van der Waals surface area contributed by atoms with Crippen molar-refractivity contribution < 1.29 is 15.3 Å². The second kappa shape index (κ2) is 15.7. The smallest absolute Gasteiger partial charge is 0.152 e. The lowest BCUT2D eigenvalue weighted by Gasteiger charge is -2.07. The van der Waals surface area contributed by atoms with Crippen molar-refractivity contribution in [3.63, 3.8) is 0 Å². The molecule has 0 heterocycles. The van der Waals surface area contributed by atoms with Gasteiger partial charge in [0.05, 0.1) is 0 Å². The van der Waals surface area contributed by atoms with Gasteiger partial charge in [-0.1, -0.05) is 34.6 Å². The number of allylic oxidation sites excluding steroid dienone is 1. The van der Waals surface area contributed by atoms with Crippen molar-refractivity contribution in [3.05, 3.63) is 35.7 Å². The molecule has 0 aliphatic carbocycles. The third kappa shape index (κ3) is 11.0. The van der Waals surface area contributed by atoms with Crippen LogP contribution in [-0.2, 0) is 4.79 Å². The quantitative estimate of drug-likeness (QED) is 0.585. The van der Waals surface area contributed by atoms with Crippen molar-refractivity contribution in [2.24, 2.45) is 0 Å². The molecule has 1 aromatic carbocycles. The van der Waals surface area contributed by atoms with E-state index >= 15 is 0 Å². The summed E-state index contributed by atoms with van der Waals surface area (Å²) in [5, 5.41) is 3.13. The first-order chi connectivity index (χ1) is 10.6. The number of carbonyl (C=O) groups is 1. The number of ether oxygens (including phenoxy) is 1. The Hall–Kier alpha value is -1.68. The molecule has 0 saturated carbocycles. The van der Waals surface area contributed by atoms with Gasteiger partial charge in [-0.25, -0.2) is 4.39 Å². The van der Waals surface area contributed by atoms with E-state index in [4.69, 9.17) is 4.74 Å². The van der Waals surface area contributed by atoms with Crippen molar-refractivity contribution in [1.29, 1.82) is 0 Å². The predicted octanol–water partition coefficient (Wildman–Crippen LogP) is 4.71. The maximum Gasteiger partial charge on any atom is 0.152 e. The van der Waals surface area contributed by atoms with Gasteiger partial charge in [-0.15, -0.1) is 0 Å². The van der Waals surface area contributed by atoms with Crippen LogP contribution in [0.3, 0.4) is 0 Å². The summed E-state index contributed by atoms with van der Waals surface area (Å²) >= 11 is 0. The fourth-order valence-electron chi connectivity index (χ4n) is 1.36. The Bertz CT molecular complexity index is 437. The Labute approximate surface area is 136 Å². The van der Waals surface area contributed by atoms with Gasteiger partial charge >= 0.3 is 0 Å². The van der Waals surface area contributed by atoms with E-state index in [-0.39, 0.29) is 13.0 Å². The van der Waals surface area contributed by atoms with Crippen LogP contribution < -0.4 is 10.1 Å². The first-order valence-electron chi connectivity index (χ1n) is 7.95. The fourth-order valence-corrected chi connectivity index (χ4v) is 1.36. The van der Waals surface area contributed by atoms with Crippen LogP contribution in [-0.4, -0.2) is 25.5 Å². The van der Waals surface area contributed by atoms with Crippen molar-refractivity contribution in [2.75, 3.05) is 19.7 Å². The molecule has 0 saturated heterocycles. The van der Waals surface area contributed by atoms with Gasteiger partial charge in [0, 0.05) is 13.5 Å². The lowest BCUT2D eigenvalue weighted by Crippen LogP contribution is -2.20. The highest BCUT2D eigenvalue weighted by molar-refractivity contribution is 5.91. The summed E-state index contributed by atoms with van der Waals surface area (Å²) in [6.45, 7) is 13.6. The van der Waals surface area contributed by atoms with E-state index in [0.717, 1.165) is 13.1 Å².